The number of carbonyl (C=O) groups is 2. The van der Waals surface area contributed by atoms with E-state index in [1.54, 1.807) is 30.3 Å². The molecule has 0 saturated heterocycles. The third kappa shape index (κ3) is 5.86. The van der Waals surface area contributed by atoms with Crippen molar-refractivity contribution in [1.82, 2.24) is 5.32 Å². The fourth-order valence-corrected chi connectivity index (χ4v) is 4.92. The van der Waals surface area contributed by atoms with Crippen LogP contribution in [0.25, 0.3) is 0 Å². The number of anilines is 2. The number of halogens is 2. The highest BCUT2D eigenvalue weighted by molar-refractivity contribution is 7.98. The first-order chi connectivity index (χ1) is 16.0. The van der Waals surface area contributed by atoms with E-state index in [1.165, 1.54) is 17.8 Å². The summed E-state index contributed by atoms with van der Waals surface area (Å²) in [5.41, 5.74) is 3.37. The first kappa shape index (κ1) is 23.1. The van der Waals surface area contributed by atoms with E-state index >= 15 is 0 Å². The summed E-state index contributed by atoms with van der Waals surface area (Å²) in [6, 6.07) is 19.2. The van der Waals surface area contributed by atoms with Crippen LogP contribution in [-0.2, 0) is 17.0 Å². The number of thioether (sulfide) groups is 1. The van der Waals surface area contributed by atoms with Crippen molar-refractivity contribution in [3.8, 4) is 0 Å². The van der Waals surface area contributed by atoms with Gasteiger partial charge in [0.05, 0.1) is 11.4 Å². The quantitative estimate of drug-likeness (QED) is 0.416. The normalized spacial score (nSPS) is 14.7. The van der Waals surface area contributed by atoms with E-state index in [0.29, 0.717) is 39.9 Å². The summed E-state index contributed by atoms with van der Waals surface area (Å²) in [6.45, 7) is 0.524. The molecule has 3 aromatic carbocycles. The summed E-state index contributed by atoms with van der Waals surface area (Å²) in [7, 11) is 0. The van der Waals surface area contributed by atoms with E-state index in [4.69, 9.17) is 11.6 Å². The Morgan fingerprint density at radius 1 is 1.06 bits per heavy atom. The molecule has 8 heteroatoms. The molecule has 0 bridgehead atoms. The molecule has 0 saturated carbocycles. The molecule has 5 nitrogen and oxygen atoms in total. The molecule has 3 N–H and O–H groups in total. The fourth-order valence-electron chi connectivity index (χ4n) is 3.52. The number of hydrogen-bond donors (Lipinski definition) is 3. The topological polar surface area (TPSA) is 70.2 Å². The third-order valence-corrected chi connectivity index (χ3v) is 6.74. The van der Waals surface area contributed by atoms with Crippen molar-refractivity contribution in [2.75, 3.05) is 22.9 Å². The highest BCUT2D eigenvalue weighted by Gasteiger charge is 2.26. The summed E-state index contributed by atoms with van der Waals surface area (Å²) in [5.74, 6) is 0.0681. The monoisotopic (exact) mass is 483 g/mol. The van der Waals surface area contributed by atoms with Gasteiger partial charge in [-0.1, -0.05) is 48.0 Å². The number of carbonyl (C=O) groups excluding carboxylic acids is 2. The zero-order chi connectivity index (χ0) is 23.2. The lowest BCUT2D eigenvalue weighted by molar-refractivity contribution is -0.116. The van der Waals surface area contributed by atoms with Gasteiger partial charge in [-0.15, -0.1) is 0 Å². The second-order valence-corrected chi connectivity index (χ2v) is 9.09. The van der Waals surface area contributed by atoms with Gasteiger partial charge in [-0.2, -0.15) is 11.8 Å². The minimum atomic E-state index is -0.474. The molecule has 170 valence electrons. The Morgan fingerprint density at radius 3 is 2.67 bits per heavy atom. The zero-order valence-electron chi connectivity index (χ0n) is 17.7. The van der Waals surface area contributed by atoms with Crippen molar-refractivity contribution in [2.45, 2.75) is 18.2 Å². The van der Waals surface area contributed by atoms with E-state index in [2.05, 4.69) is 16.0 Å². The van der Waals surface area contributed by atoms with E-state index in [9.17, 15) is 14.0 Å². The molecule has 4 rings (SSSR count). The summed E-state index contributed by atoms with van der Waals surface area (Å²) >= 11 is 7.49. The van der Waals surface area contributed by atoms with Crippen LogP contribution in [0, 0.1) is 5.82 Å². The fraction of sp³-hybridized carbons (Fsp3) is 0.200. The van der Waals surface area contributed by atoms with E-state index in [0.717, 1.165) is 17.7 Å². The molecule has 2 amide bonds. The van der Waals surface area contributed by atoms with Gasteiger partial charge in [0.2, 0.25) is 5.91 Å². The highest BCUT2D eigenvalue weighted by atomic mass is 35.5. The van der Waals surface area contributed by atoms with Gasteiger partial charge >= 0.3 is 0 Å². The molecule has 1 aliphatic rings. The van der Waals surface area contributed by atoms with Gasteiger partial charge in [0.25, 0.3) is 5.91 Å². The molecular weight excluding hydrogens is 461 g/mol. The average molecular weight is 484 g/mol. The van der Waals surface area contributed by atoms with E-state index < -0.39 is 6.04 Å². The molecule has 0 spiro atoms. The van der Waals surface area contributed by atoms with Gasteiger partial charge in [0.15, 0.2) is 0 Å². The first-order valence-corrected chi connectivity index (χ1v) is 12.1. The Labute approximate surface area is 201 Å². The maximum Gasteiger partial charge on any atom is 0.251 e. The molecule has 33 heavy (non-hydrogen) atoms. The van der Waals surface area contributed by atoms with Gasteiger partial charge in [-0.25, -0.2) is 4.39 Å². The molecule has 0 aliphatic carbocycles. The molecule has 0 fully saturated rings. The largest absolute Gasteiger partial charge is 0.371 e. The van der Waals surface area contributed by atoms with Crippen LogP contribution in [0.4, 0.5) is 15.8 Å². The lowest BCUT2D eigenvalue weighted by Gasteiger charge is -2.27. The second kappa shape index (κ2) is 10.7. The Hall–Kier alpha value is -3.03. The minimum Gasteiger partial charge on any atom is -0.371 e. The van der Waals surface area contributed by atoms with Crippen molar-refractivity contribution < 1.29 is 14.0 Å². The van der Waals surface area contributed by atoms with Crippen LogP contribution in [0.5, 0.6) is 0 Å². The average Bonchev–Trinajstić information content (AvgIpc) is 2.81. The van der Waals surface area contributed by atoms with Crippen molar-refractivity contribution in [2.24, 2.45) is 0 Å². The predicted molar refractivity (Wildman–Crippen MR) is 133 cm³/mol. The van der Waals surface area contributed by atoms with E-state index in [1.807, 2.05) is 30.3 Å². The maximum absolute atomic E-state index is 13.9. The van der Waals surface area contributed by atoms with Crippen LogP contribution in [0.3, 0.4) is 0 Å². The van der Waals surface area contributed by atoms with Crippen molar-refractivity contribution in [3.05, 3.63) is 94.3 Å². The highest BCUT2D eigenvalue weighted by Crippen LogP contribution is 2.30. The van der Waals surface area contributed by atoms with Crippen LogP contribution in [-0.4, -0.2) is 30.2 Å². The Bertz CT molecular complexity index is 1140. The molecular formula is C25H23ClFN3O2S. The van der Waals surface area contributed by atoms with Crippen LogP contribution in [0.2, 0.25) is 5.02 Å². The molecule has 3 aromatic rings. The number of nitrogens with one attached hydrogen (secondary N) is 3. The molecule has 1 atom stereocenters. The smallest absolute Gasteiger partial charge is 0.251 e. The maximum atomic E-state index is 13.9. The third-order valence-electron chi connectivity index (χ3n) is 5.32. The Balaban J connectivity index is 1.31. The van der Waals surface area contributed by atoms with Gasteiger partial charge in [0.1, 0.15) is 11.9 Å². The van der Waals surface area contributed by atoms with Crippen LogP contribution in [0.1, 0.15) is 21.5 Å². The molecule has 0 radical (unpaired) electrons. The number of benzene rings is 3. The SMILES string of the molecule is O=C(NCCc1ccccc1)c1ccc2c(c1)NC(=O)[C@H](CSCc1c(F)cccc1Cl)N2. The van der Waals surface area contributed by atoms with Gasteiger partial charge in [0, 0.05) is 34.2 Å². The van der Waals surface area contributed by atoms with Crippen molar-refractivity contribution in [3.63, 3.8) is 0 Å². The molecule has 1 heterocycles. The first-order valence-electron chi connectivity index (χ1n) is 10.6. The number of amides is 2. The standard InChI is InChI=1S/C25H23ClFN3O2S/c26-19-7-4-8-20(27)18(19)14-33-15-23-25(32)30-22-13-17(9-10-21(22)29-23)24(31)28-12-11-16-5-2-1-3-6-16/h1-10,13,23,29H,11-12,14-15H2,(H,28,31)(H,30,32)/t23-/m0/s1. The summed E-state index contributed by atoms with van der Waals surface area (Å²) in [6.07, 6.45) is 0.743. The minimum absolute atomic E-state index is 0.192. The molecule has 1 aliphatic heterocycles. The van der Waals surface area contributed by atoms with Crippen molar-refractivity contribution in [1.29, 1.82) is 0 Å². The lowest BCUT2D eigenvalue weighted by atomic mass is 10.1. The van der Waals surface area contributed by atoms with Crippen LogP contribution in [0.15, 0.2) is 66.7 Å². The van der Waals surface area contributed by atoms with Gasteiger partial charge in [-0.05, 0) is 42.3 Å². The van der Waals surface area contributed by atoms with Gasteiger partial charge in [-0.3, -0.25) is 9.59 Å². The number of rotatable bonds is 8. The van der Waals surface area contributed by atoms with Gasteiger partial charge < -0.3 is 16.0 Å². The summed E-state index contributed by atoms with van der Waals surface area (Å²) in [5, 5.41) is 9.35. The van der Waals surface area contributed by atoms with Crippen LogP contribution < -0.4 is 16.0 Å². The number of fused-ring (bicyclic) bond motifs is 1. The second-order valence-electron chi connectivity index (χ2n) is 7.65. The molecule has 0 unspecified atom stereocenters. The van der Waals surface area contributed by atoms with E-state index in [-0.39, 0.29) is 17.6 Å². The summed E-state index contributed by atoms with van der Waals surface area (Å²) in [4.78, 5) is 25.1. The lowest BCUT2D eigenvalue weighted by Crippen LogP contribution is -2.40. The zero-order valence-corrected chi connectivity index (χ0v) is 19.3. The Morgan fingerprint density at radius 2 is 1.88 bits per heavy atom. The Kier molecular flexibility index (Phi) is 7.52. The predicted octanol–water partition coefficient (Wildman–Crippen LogP) is 5.12. The molecule has 0 aromatic heterocycles. The summed E-state index contributed by atoms with van der Waals surface area (Å²) < 4.78 is 13.9. The van der Waals surface area contributed by atoms with Crippen molar-refractivity contribution >= 4 is 46.6 Å². The van der Waals surface area contributed by atoms with Crippen LogP contribution >= 0.6 is 23.4 Å². The number of hydrogen-bond acceptors (Lipinski definition) is 4.